The molecule has 2 heteroatoms. The first-order chi connectivity index (χ1) is 7.68. The zero-order valence-corrected chi connectivity index (χ0v) is 11.5. The van der Waals surface area contributed by atoms with E-state index in [-0.39, 0.29) is 0 Å². The van der Waals surface area contributed by atoms with Gasteiger partial charge in [0.15, 0.2) is 0 Å². The Labute approximate surface area is 102 Å². The van der Waals surface area contributed by atoms with Crippen molar-refractivity contribution in [2.75, 3.05) is 19.6 Å². The number of rotatable bonds is 6. The Morgan fingerprint density at radius 3 is 2.25 bits per heavy atom. The first-order valence-electron chi connectivity index (χ1n) is 7.13. The molecule has 1 rings (SSSR count). The summed E-state index contributed by atoms with van der Waals surface area (Å²) in [6, 6.07) is 0. The molecule has 1 aliphatic carbocycles. The van der Waals surface area contributed by atoms with Crippen LogP contribution in [-0.2, 0) is 0 Å². The van der Waals surface area contributed by atoms with Gasteiger partial charge in [0.2, 0.25) is 0 Å². The molecule has 16 heavy (non-hydrogen) atoms. The molecule has 1 fully saturated rings. The molecule has 0 aliphatic heterocycles. The largest absolute Gasteiger partial charge is 0.329 e. The Hall–Kier alpha value is -0.0800. The lowest BCUT2D eigenvalue weighted by molar-refractivity contribution is 0.0489. The van der Waals surface area contributed by atoms with Gasteiger partial charge in [-0.2, -0.15) is 0 Å². The van der Waals surface area contributed by atoms with E-state index >= 15 is 0 Å². The smallest absolute Gasteiger partial charge is 0.0331 e. The first-order valence-corrected chi connectivity index (χ1v) is 7.13. The van der Waals surface area contributed by atoms with Gasteiger partial charge in [-0.25, -0.2) is 0 Å². The highest BCUT2D eigenvalue weighted by Gasteiger charge is 2.36. The van der Waals surface area contributed by atoms with Crippen LogP contribution in [-0.4, -0.2) is 30.1 Å². The van der Waals surface area contributed by atoms with Gasteiger partial charge in [-0.05, 0) is 25.3 Å². The maximum absolute atomic E-state index is 6.09. The molecule has 2 N–H and O–H groups in total. The second kappa shape index (κ2) is 6.61. The summed E-state index contributed by atoms with van der Waals surface area (Å²) < 4.78 is 0. The van der Waals surface area contributed by atoms with Crippen LogP contribution in [0.4, 0.5) is 0 Å². The summed E-state index contributed by atoms with van der Waals surface area (Å²) in [5.41, 5.74) is 6.42. The standard InChI is InChI=1S/C14H30N2/c1-4-13(3)11-16(5-2)14(12-15)9-7-6-8-10-14/h13H,4-12,15H2,1-3H3. The SMILES string of the molecule is CCC(C)CN(CC)C1(CN)CCCCC1. The molecular weight excluding hydrogens is 196 g/mol. The Balaban J connectivity index is 2.65. The number of likely N-dealkylation sites (N-methyl/N-ethyl adjacent to an activating group) is 1. The van der Waals surface area contributed by atoms with E-state index in [1.165, 1.54) is 45.1 Å². The van der Waals surface area contributed by atoms with Crippen LogP contribution < -0.4 is 5.73 Å². The van der Waals surface area contributed by atoms with Crippen molar-refractivity contribution >= 4 is 0 Å². The summed E-state index contributed by atoms with van der Waals surface area (Å²) in [6.07, 6.45) is 8.05. The minimum Gasteiger partial charge on any atom is -0.329 e. The Morgan fingerprint density at radius 1 is 1.19 bits per heavy atom. The summed E-state index contributed by atoms with van der Waals surface area (Å²) in [6.45, 7) is 10.2. The molecule has 96 valence electrons. The number of nitrogens with two attached hydrogens (primary N) is 1. The van der Waals surface area contributed by atoms with Gasteiger partial charge in [0.25, 0.3) is 0 Å². The van der Waals surface area contributed by atoms with Crippen molar-refractivity contribution in [3.8, 4) is 0 Å². The maximum atomic E-state index is 6.09. The summed E-state index contributed by atoms with van der Waals surface area (Å²) in [5, 5.41) is 0. The van der Waals surface area contributed by atoms with Gasteiger partial charge in [0.05, 0.1) is 0 Å². The van der Waals surface area contributed by atoms with Gasteiger partial charge < -0.3 is 5.73 Å². The van der Waals surface area contributed by atoms with Gasteiger partial charge in [0.1, 0.15) is 0 Å². The predicted octanol–water partition coefficient (Wildman–Crippen LogP) is 3.02. The van der Waals surface area contributed by atoms with Gasteiger partial charge in [-0.15, -0.1) is 0 Å². The molecule has 0 aromatic carbocycles. The molecule has 1 atom stereocenters. The van der Waals surface area contributed by atoms with Gasteiger partial charge in [-0.1, -0.05) is 46.5 Å². The van der Waals surface area contributed by atoms with Crippen molar-refractivity contribution in [3.05, 3.63) is 0 Å². The molecule has 0 radical (unpaired) electrons. The highest BCUT2D eigenvalue weighted by atomic mass is 15.2. The molecular formula is C14H30N2. The fourth-order valence-corrected chi connectivity index (χ4v) is 3.02. The van der Waals surface area contributed by atoms with E-state index in [1.54, 1.807) is 0 Å². The van der Waals surface area contributed by atoms with Gasteiger partial charge in [0, 0.05) is 18.6 Å². The molecule has 0 spiro atoms. The van der Waals surface area contributed by atoms with Crippen LogP contribution in [0, 0.1) is 5.92 Å². The third kappa shape index (κ3) is 3.21. The van der Waals surface area contributed by atoms with Crippen molar-refractivity contribution in [3.63, 3.8) is 0 Å². The molecule has 2 nitrogen and oxygen atoms in total. The van der Waals surface area contributed by atoms with Crippen LogP contribution in [0.15, 0.2) is 0 Å². The van der Waals surface area contributed by atoms with E-state index in [9.17, 15) is 0 Å². The molecule has 1 unspecified atom stereocenters. The van der Waals surface area contributed by atoms with Crippen LogP contribution in [0.3, 0.4) is 0 Å². The van der Waals surface area contributed by atoms with E-state index in [0.717, 1.165) is 19.0 Å². The van der Waals surface area contributed by atoms with Crippen molar-refractivity contribution in [1.29, 1.82) is 0 Å². The highest BCUT2D eigenvalue weighted by Crippen LogP contribution is 2.33. The van der Waals surface area contributed by atoms with Crippen molar-refractivity contribution in [1.82, 2.24) is 4.90 Å². The lowest BCUT2D eigenvalue weighted by Crippen LogP contribution is -2.56. The van der Waals surface area contributed by atoms with E-state index in [0.29, 0.717) is 5.54 Å². The fourth-order valence-electron chi connectivity index (χ4n) is 3.02. The molecule has 0 bridgehead atoms. The molecule has 1 aliphatic rings. The summed E-state index contributed by atoms with van der Waals surface area (Å²) >= 11 is 0. The summed E-state index contributed by atoms with van der Waals surface area (Å²) in [7, 11) is 0. The second-order valence-electron chi connectivity index (χ2n) is 5.54. The van der Waals surface area contributed by atoms with Crippen molar-refractivity contribution in [2.45, 2.75) is 64.8 Å². The molecule has 0 amide bonds. The third-order valence-electron chi connectivity index (χ3n) is 4.45. The van der Waals surface area contributed by atoms with Crippen LogP contribution in [0.5, 0.6) is 0 Å². The van der Waals surface area contributed by atoms with E-state index < -0.39 is 0 Å². The lowest BCUT2D eigenvalue weighted by atomic mass is 9.79. The zero-order chi connectivity index (χ0) is 12.0. The Bertz CT molecular complexity index is 185. The molecule has 0 aromatic rings. The third-order valence-corrected chi connectivity index (χ3v) is 4.45. The molecule has 1 saturated carbocycles. The molecule has 0 heterocycles. The average Bonchev–Trinajstić information content (AvgIpc) is 2.36. The van der Waals surface area contributed by atoms with Crippen molar-refractivity contribution in [2.24, 2.45) is 11.7 Å². The summed E-state index contributed by atoms with van der Waals surface area (Å²) in [5.74, 6) is 0.797. The summed E-state index contributed by atoms with van der Waals surface area (Å²) in [4.78, 5) is 2.67. The monoisotopic (exact) mass is 226 g/mol. The topological polar surface area (TPSA) is 29.3 Å². The molecule has 0 saturated heterocycles. The number of nitrogens with zero attached hydrogens (tertiary/aromatic N) is 1. The van der Waals surface area contributed by atoms with E-state index in [2.05, 4.69) is 25.7 Å². The highest BCUT2D eigenvalue weighted by molar-refractivity contribution is 4.94. The maximum Gasteiger partial charge on any atom is 0.0331 e. The fraction of sp³-hybridized carbons (Fsp3) is 1.00. The lowest BCUT2D eigenvalue weighted by Gasteiger charge is -2.46. The minimum absolute atomic E-state index is 0.330. The Kier molecular flexibility index (Phi) is 5.77. The quantitative estimate of drug-likeness (QED) is 0.754. The van der Waals surface area contributed by atoms with E-state index in [1.807, 2.05) is 0 Å². The van der Waals surface area contributed by atoms with Crippen LogP contribution in [0.1, 0.15) is 59.3 Å². The van der Waals surface area contributed by atoms with Crippen LogP contribution in [0.25, 0.3) is 0 Å². The molecule has 0 aromatic heterocycles. The average molecular weight is 226 g/mol. The minimum atomic E-state index is 0.330. The van der Waals surface area contributed by atoms with E-state index in [4.69, 9.17) is 5.73 Å². The first kappa shape index (κ1) is 14.0. The van der Waals surface area contributed by atoms with Crippen LogP contribution in [0.2, 0.25) is 0 Å². The van der Waals surface area contributed by atoms with Gasteiger partial charge in [-0.3, -0.25) is 4.90 Å². The number of hydrogen-bond donors (Lipinski definition) is 1. The van der Waals surface area contributed by atoms with Crippen molar-refractivity contribution < 1.29 is 0 Å². The van der Waals surface area contributed by atoms with Gasteiger partial charge >= 0.3 is 0 Å². The van der Waals surface area contributed by atoms with Crippen LogP contribution >= 0.6 is 0 Å². The predicted molar refractivity (Wildman–Crippen MR) is 71.6 cm³/mol. The normalized spacial score (nSPS) is 22.3. The Morgan fingerprint density at radius 2 is 1.81 bits per heavy atom. The second-order valence-corrected chi connectivity index (χ2v) is 5.54. The number of hydrogen-bond acceptors (Lipinski definition) is 2. The zero-order valence-electron chi connectivity index (χ0n) is 11.5.